The Kier molecular flexibility index (Phi) is 5.21. The van der Waals surface area contributed by atoms with Crippen LogP contribution in [0.4, 0.5) is 9.18 Å². The average Bonchev–Trinajstić information content (AvgIpc) is 2.80. The van der Waals surface area contributed by atoms with Crippen molar-refractivity contribution >= 4 is 17.8 Å². The molecule has 130 valence electrons. The van der Waals surface area contributed by atoms with Crippen molar-refractivity contribution in [2.45, 2.75) is 45.7 Å². The van der Waals surface area contributed by atoms with Crippen LogP contribution in [0.2, 0.25) is 0 Å². The lowest BCUT2D eigenvalue weighted by Crippen LogP contribution is -2.38. The third-order valence-electron chi connectivity index (χ3n) is 3.89. The Morgan fingerprint density at radius 3 is 2.38 bits per heavy atom. The molecule has 0 aromatic heterocycles. The number of rotatable bonds is 5. The summed E-state index contributed by atoms with van der Waals surface area (Å²) in [6.45, 7) is 5.93. The molecule has 0 saturated carbocycles. The first-order valence-corrected chi connectivity index (χ1v) is 7.83. The van der Waals surface area contributed by atoms with E-state index in [1.54, 1.807) is 12.1 Å². The summed E-state index contributed by atoms with van der Waals surface area (Å²) in [5, 5.41) is 7.53. The zero-order chi connectivity index (χ0) is 17.9. The van der Waals surface area contributed by atoms with Gasteiger partial charge in [0.1, 0.15) is 11.9 Å². The summed E-state index contributed by atoms with van der Waals surface area (Å²) in [7, 11) is 0. The minimum atomic E-state index is -0.679. The smallest absolute Gasteiger partial charge is 0.322 e. The quantitative estimate of drug-likeness (QED) is 0.720. The predicted octanol–water partition coefficient (Wildman–Crippen LogP) is 2.02. The highest BCUT2D eigenvalue weighted by molar-refractivity contribution is 6.04. The Bertz CT molecular complexity index is 637. The summed E-state index contributed by atoms with van der Waals surface area (Å²) in [5.41, 5.74) is 0.538. The predicted molar refractivity (Wildman–Crippen MR) is 86.4 cm³/mol. The highest BCUT2D eigenvalue weighted by atomic mass is 19.1. The van der Waals surface area contributed by atoms with E-state index in [1.165, 1.54) is 12.1 Å². The van der Waals surface area contributed by atoms with Gasteiger partial charge in [-0.25, -0.2) is 9.18 Å². The van der Waals surface area contributed by atoms with Crippen LogP contribution in [0.5, 0.6) is 0 Å². The number of halogens is 1. The van der Waals surface area contributed by atoms with Gasteiger partial charge in [-0.15, -0.1) is 0 Å². The number of urea groups is 1. The molecule has 0 unspecified atom stereocenters. The summed E-state index contributed by atoms with van der Waals surface area (Å²) in [4.78, 5) is 34.8. The molecule has 3 N–H and O–H groups in total. The van der Waals surface area contributed by atoms with Crippen molar-refractivity contribution in [2.75, 3.05) is 0 Å². The lowest BCUT2D eigenvalue weighted by atomic mass is 9.82. The van der Waals surface area contributed by atoms with Crippen LogP contribution in [0.15, 0.2) is 24.3 Å². The molecule has 1 aromatic carbocycles. The molecule has 0 radical (unpaired) electrons. The third kappa shape index (κ3) is 4.53. The van der Waals surface area contributed by atoms with Crippen LogP contribution >= 0.6 is 0 Å². The molecule has 1 aromatic rings. The zero-order valence-electron chi connectivity index (χ0n) is 14.0. The summed E-state index contributed by atoms with van der Waals surface area (Å²) in [6.07, 6.45) is 0.329. The van der Waals surface area contributed by atoms with E-state index in [2.05, 4.69) is 16.0 Å². The molecule has 2 rings (SSSR count). The first-order chi connectivity index (χ1) is 11.2. The number of amides is 4. The van der Waals surface area contributed by atoms with Gasteiger partial charge in [-0.2, -0.15) is 0 Å². The van der Waals surface area contributed by atoms with Crippen LogP contribution < -0.4 is 16.0 Å². The van der Waals surface area contributed by atoms with E-state index in [1.807, 2.05) is 20.8 Å². The average molecular weight is 335 g/mol. The van der Waals surface area contributed by atoms with Gasteiger partial charge < -0.3 is 10.6 Å². The van der Waals surface area contributed by atoms with E-state index >= 15 is 0 Å². The molecular formula is C17H22FN3O3. The van der Waals surface area contributed by atoms with Gasteiger partial charge in [0.05, 0.1) is 6.04 Å². The fraction of sp³-hybridized carbons (Fsp3) is 0.471. The summed E-state index contributed by atoms with van der Waals surface area (Å²) < 4.78 is 13.1. The highest BCUT2D eigenvalue weighted by Gasteiger charge is 2.31. The maximum absolute atomic E-state index is 13.1. The highest BCUT2D eigenvalue weighted by Crippen LogP contribution is 2.32. The Morgan fingerprint density at radius 2 is 1.88 bits per heavy atom. The van der Waals surface area contributed by atoms with Crippen LogP contribution in [0.25, 0.3) is 0 Å². The normalized spacial score (nSPS) is 18.8. The van der Waals surface area contributed by atoms with Crippen molar-refractivity contribution in [3.05, 3.63) is 35.6 Å². The van der Waals surface area contributed by atoms with Crippen molar-refractivity contribution in [3.8, 4) is 0 Å². The van der Waals surface area contributed by atoms with E-state index in [0.29, 0.717) is 0 Å². The van der Waals surface area contributed by atoms with Crippen molar-refractivity contribution < 1.29 is 18.8 Å². The first kappa shape index (κ1) is 17.9. The number of carbonyl (C=O) groups excluding carboxylic acids is 3. The van der Waals surface area contributed by atoms with Gasteiger partial charge in [0.15, 0.2) is 0 Å². The second-order valence-electron chi connectivity index (χ2n) is 6.97. The zero-order valence-corrected chi connectivity index (χ0v) is 14.0. The number of hydrogen-bond donors (Lipinski definition) is 3. The molecule has 1 aliphatic heterocycles. The second kappa shape index (κ2) is 6.98. The molecule has 7 heteroatoms. The standard InChI is InChI=1S/C17H22FN3O3/c1-17(2,3)14(10-4-6-11(18)7-5-10)20-13(22)9-8-12-15(23)21-16(24)19-12/h4-7,12,14H,8-9H2,1-3H3,(H,20,22)(H2,19,21,23,24)/t12-,14-/m1/s1. The topological polar surface area (TPSA) is 87.3 Å². The Morgan fingerprint density at radius 1 is 1.25 bits per heavy atom. The second-order valence-corrected chi connectivity index (χ2v) is 6.97. The lowest BCUT2D eigenvalue weighted by Gasteiger charge is -2.32. The first-order valence-electron chi connectivity index (χ1n) is 7.83. The summed E-state index contributed by atoms with van der Waals surface area (Å²) >= 11 is 0. The fourth-order valence-electron chi connectivity index (χ4n) is 2.63. The van der Waals surface area contributed by atoms with E-state index < -0.39 is 18.0 Å². The van der Waals surface area contributed by atoms with E-state index in [9.17, 15) is 18.8 Å². The minimum absolute atomic E-state index is 0.103. The molecule has 1 fully saturated rings. The molecule has 1 saturated heterocycles. The fourth-order valence-corrected chi connectivity index (χ4v) is 2.63. The number of carbonyl (C=O) groups is 3. The van der Waals surface area contributed by atoms with E-state index in [0.717, 1.165) is 5.56 Å². The van der Waals surface area contributed by atoms with Gasteiger partial charge in [-0.3, -0.25) is 14.9 Å². The SMILES string of the molecule is CC(C)(C)[C@H](NC(=O)CC[C@H]1NC(=O)NC1=O)c1ccc(F)cc1. The molecule has 1 heterocycles. The maximum atomic E-state index is 13.1. The number of hydrogen-bond acceptors (Lipinski definition) is 3. The molecular weight excluding hydrogens is 313 g/mol. The largest absolute Gasteiger partial charge is 0.349 e. The monoisotopic (exact) mass is 335 g/mol. The van der Waals surface area contributed by atoms with Gasteiger partial charge in [0.2, 0.25) is 5.91 Å². The van der Waals surface area contributed by atoms with Crippen molar-refractivity contribution in [3.63, 3.8) is 0 Å². The van der Waals surface area contributed by atoms with Crippen molar-refractivity contribution in [1.29, 1.82) is 0 Å². The Labute approximate surface area is 140 Å². The molecule has 0 aliphatic carbocycles. The molecule has 2 atom stereocenters. The number of nitrogens with one attached hydrogen (secondary N) is 3. The van der Waals surface area contributed by atoms with Crippen molar-refractivity contribution in [2.24, 2.45) is 5.41 Å². The maximum Gasteiger partial charge on any atom is 0.322 e. The van der Waals surface area contributed by atoms with Gasteiger partial charge in [-0.1, -0.05) is 32.9 Å². The van der Waals surface area contributed by atoms with E-state index in [-0.39, 0.29) is 36.0 Å². The van der Waals surface area contributed by atoms with Crippen LogP contribution in [0, 0.1) is 11.2 Å². The minimum Gasteiger partial charge on any atom is -0.349 e. The van der Waals surface area contributed by atoms with Crippen LogP contribution in [0.1, 0.15) is 45.2 Å². The molecule has 0 bridgehead atoms. The van der Waals surface area contributed by atoms with Crippen LogP contribution in [-0.2, 0) is 9.59 Å². The van der Waals surface area contributed by atoms with E-state index in [4.69, 9.17) is 0 Å². The molecule has 4 amide bonds. The van der Waals surface area contributed by atoms with Gasteiger partial charge in [-0.05, 0) is 29.5 Å². The van der Waals surface area contributed by atoms with Gasteiger partial charge >= 0.3 is 6.03 Å². The van der Waals surface area contributed by atoms with Crippen LogP contribution in [-0.4, -0.2) is 23.9 Å². The molecule has 0 spiro atoms. The number of benzene rings is 1. The third-order valence-corrected chi connectivity index (χ3v) is 3.89. The van der Waals surface area contributed by atoms with Crippen LogP contribution in [0.3, 0.4) is 0 Å². The van der Waals surface area contributed by atoms with Gasteiger partial charge in [0, 0.05) is 6.42 Å². The Hall–Kier alpha value is -2.44. The van der Waals surface area contributed by atoms with Crippen molar-refractivity contribution in [1.82, 2.24) is 16.0 Å². The Balaban J connectivity index is 1.99. The number of imide groups is 1. The molecule has 6 nitrogen and oxygen atoms in total. The molecule has 1 aliphatic rings. The summed E-state index contributed by atoms with van der Waals surface area (Å²) in [5.74, 6) is -0.979. The molecule has 24 heavy (non-hydrogen) atoms. The van der Waals surface area contributed by atoms with Gasteiger partial charge in [0.25, 0.3) is 5.91 Å². The summed E-state index contributed by atoms with van der Waals surface area (Å²) in [6, 6.07) is 4.51. The lowest BCUT2D eigenvalue weighted by molar-refractivity contribution is -0.123.